The standard InChI is InChI=1S/C15H20N4O2/c1-9(2)15(21)17-10(3)14-18-11-6-4-5-7-12(11)19(14)8-13(16)20/h4-7,9-10H,8H2,1-3H3,(H2,16,20)(H,17,21). The molecule has 0 spiro atoms. The van der Waals surface area contributed by atoms with Gasteiger partial charge in [-0.05, 0) is 19.1 Å². The van der Waals surface area contributed by atoms with E-state index in [2.05, 4.69) is 10.3 Å². The molecule has 0 fully saturated rings. The Morgan fingerprint density at radius 1 is 1.29 bits per heavy atom. The molecule has 6 nitrogen and oxygen atoms in total. The minimum atomic E-state index is -0.443. The summed E-state index contributed by atoms with van der Waals surface area (Å²) in [4.78, 5) is 27.7. The Hall–Kier alpha value is -2.37. The number of fused-ring (bicyclic) bond motifs is 1. The van der Waals surface area contributed by atoms with E-state index >= 15 is 0 Å². The highest BCUT2D eigenvalue weighted by Gasteiger charge is 2.20. The van der Waals surface area contributed by atoms with Crippen molar-refractivity contribution in [3.05, 3.63) is 30.1 Å². The van der Waals surface area contributed by atoms with Gasteiger partial charge < -0.3 is 15.6 Å². The van der Waals surface area contributed by atoms with Crippen LogP contribution in [-0.4, -0.2) is 21.4 Å². The summed E-state index contributed by atoms with van der Waals surface area (Å²) < 4.78 is 1.75. The van der Waals surface area contributed by atoms with Gasteiger partial charge in [0.05, 0.1) is 17.1 Å². The molecule has 2 aromatic rings. The lowest BCUT2D eigenvalue weighted by Crippen LogP contribution is -2.32. The quantitative estimate of drug-likeness (QED) is 0.870. The summed E-state index contributed by atoms with van der Waals surface area (Å²) in [5, 5.41) is 2.90. The molecular weight excluding hydrogens is 268 g/mol. The minimum Gasteiger partial charge on any atom is -0.368 e. The van der Waals surface area contributed by atoms with Crippen LogP contribution in [0.25, 0.3) is 11.0 Å². The van der Waals surface area contributed by atoms with E-state index in [0.29, 0.717) is 5.82 Å². The topological polar surface area (TPSA) is 90.0 Å². The third-order valence-electron chi connectivity index (χ3n) is 3.27. The number of para-hydroxylation sites is 2. The first kappa shape index (κ1) is 15.0. The van der Waals surface area contributed by atoms with Crippen LogP contribution in [0.2, 0.25) is 0 Å². The average Bonchev–Trinajstić information content (AvgIpc) is 2.77. The van der Waals surface area contributed by atoms with Gasteiger partial charge in [0.25, 0.3) is 0 Å². The first-order chi connectivity index (χ1) is 9.90. The predicted molar refractivity (Wildman–Crippen MR) is 80.3 cm³/mol. The molecule has 1 aromatic carbocycles. The number of carbonyl (C=O) groups excluding carboxylic acids is 2. The monoisotopic (exact) mass is 288 g/mol. The fourth-order valence-electron chi connectivity index (χ4n) is 2.19. The second-order valence-electron chi connectivity index (χ2n) is 5.40. The number of carbonyl (C=O) groups is 2. The summed E-state index contributed by atoms with van der Waals surface area (Å²) in [6, 6.07) is 7.21. The van der Waals surface area contributed by atoms with Crippen molar-refractivity contribution >= 4 is 22.8 Å². The Balaban J connectivity index is 2.41. The molecule has 1 atom stereocenters. The third-order valence-corrected chi connectivity index (χ3v) is 3.27. The highest BCUT2D eigenvalue weighted by molar-refractivity contribution is 5.81. The first-order valence-electron chi connectivity index (χ1n) is 6.94. The summed E-state index contributed by atoms with van der Waals surface area (Å²) in [5.41, 5.74) is 6.93. The Bertz CT molecular complexity index is 675. The molecule has 21 heavy (non-hydrogen) atoms. The van der Waals surface area contributed by atoms with Crippen molar-refractivity contribution in [1.29, 1.82) is 0 Å². The fraction of sp³-hybridized carbons (Fsp3) is 0.400. The lowest BCUT2D eigenvalue weighted by Gasteiger charge is -2.16. The summed E-state index contributed by atoms with van der Waals surface area (Å²) in [6.07, 6.45) is 0. The molecule has 6 heteroatoms. The Morgan fingerprint density at radius 2 is 1.95 bits per heavy atom. The van der Waals surface area contributed by atoms with Crippen LogP contribution in [0.4, 0.5) is 0 Å². The second kappa shape index (κ2) is 5.95. The Labute approximate surface area is 123 Å². The van der Waals surface area contributed by atoms with E-state index in [1.54, 1.807) is 4.57 Å². The van der Waals surface area contributed by atoms with Crippen molar-refractivity contribution in [2.45, 2.75) is 33.4 Å². The number of amides is 2. The maximum absolute atomic E-state index is 11.8. The van der Waals surface area contributed by atoms with Crippen molar-refractivity contribution in [2.24, 2.45) is 11.7 Å². The number of benzene rings is 1. The molecule has 0 bridgehead atoms. The van der Waals surface area contributed by atoms with Gasteiger partial charge >= 0.3 is 0 Å². The summed E-state index contributed by atoms with van der Waals surface area (Å²) in [6.45, 7) is 5.54. The van der Waals surface area contributed by atoms with E-state index in [4.69, 9.17) is 5.73 Å². The molecule has 0 aliphatic rings. The van der Waals surface area contributed by atoms with Crippen molar-refractivity contribution in [3.8, 4) is 0 Å². The fourth-order valence-corrected chi connectivity index (χ4v) is 2.19. The second-order valence-corrected chi connectivity index (χ2v) is 5.40. The summed E-state index contributed by atoms with van der Waals surface area (Å²) >= 11 is 0. The number of hydrogen-bond acceptors (Lipinski definition) is 3. The van der Waals surface area contributed by atoms with Crippen molar-refractivity contribution in [1.82, 2.24) is 14.9 Å². The number of aromatic nitrogens is 2. The number of hydrogen-bond donors (Lipinski definition) is 2. The molecule has 3 N–H and O–H groups in total. The molecular formula is C15H20N4O2. The summed E-state index contributed by atoms with van der Waals surface area (Å²) in [5.74, 6) is 0.0207. The third kappa shape index (κ3) is 3.21. The number of primary amides is 1. The Kier molecular flexibility index (Phi) is 4.26. The zero-order valence-electron chi connectivity index (χ0n) is 12.5. The number of rotatable bonds is 5. The maximum atomic E-state index is 11.8. The average molecular weight is 288 g/mol. The van der Waals surface area contributed by atoms with Gasteiger partial charge in [0.2, 0.25) is 11.8 Å². The summed E-state index contributed by atoms with van der Waals surface area (Å²) in [7, 11) is 0. The normalized spacial score (nSPS) is 12.6. The van der Waals surface area contributed by atoms with Gasteiger partial charge in [0.15, 0.2) is 0 Å². The number of nitrogens with one attached hydrogen (secondary N) is 1. The first-order valence-corrected chi connectivity index (χ1v) is 6.94. The van der Waals surface area contributed by atoms with Gasteiger partial charge in [-0.1, -0.05) is 26.0 Å². The van der Waals surface area contributed by atoms with Crippen LogP contribution in [0.5, 0.6) is 0 Å². The van der Waals surface area contributed by atoms with Gasteiger partial charge in [-0.3, -0.25) is 9.59 Å². The molecule has 0 saturated carbocycles. The van der Waals surface area contributed by atoms with Crippen LogP contribution in [0.1, 0.15) is 32.6 Å². The van der Waals surface area contributed by atoms with Gasteiger partial charge in [-0.15, -0.1) is 0 Å². The van der Waals surface area contributed by atoms with Crippen LogP contribution in [0.15, 0.2) is 24.3 Å². The highest BCUT2D eigenvalue weighted by Crippen LogP contribution is 2.20. The van der Waals surface area contributed by atoms with Crippen molar-refractivity contribution in [2.75, 3.05) is 0 Å². The lowest BCUT2D eigenvalue weighted by molar-refractivity contribution is -0.124. The molecule has 2 amide bonds. The molecule has 0 saturated heterocycles. The van der Waals surface area contributed by atoms with Crippen molar-refractivity contribution < 1.29 is 9.59 Å². The molecule has 0 aliphatic heterocycles. The maximum Gasteiger partial charge on any atom is 0.237 e. The van der Waals surface area contributed by atoms with Crippen molar-refractivity contribution in [3.63, 3.8) is 0 Å². The molecule has 2 rings (SSSR count). The number of imidazole rings is 1. The molecule has 1 aromatic heterocycles. The van der Waals surface area contributed by atoms with Crippen LogP contribution in [0.3, 0.4) is 0 Å². The molecule has 112 valence electrons. The SMILES string of the molecule is CC(C)C(=O)NC(C)c1nc2ccccc2n1CC(N)=O. The van der Waals surface area contributed by atoms with Crippen LogP contribution >= 0.6 is 0 Å². The van der Waals surface area contributed by atoms with E-state index < -0.39 is 5.91 Å². The van der Waals surface area contributed by atoms with Gasteiger partial charge in [0.1, 0.15) is 12.4 Å². The smallest absolute Gasteiger partial charge is 0.237 e. The minimum absolute atomic E-state index is 0.0394. The predicted octanol–water partition coefficient (Wildman–Crippen LogP) is 1.35. The van der Waals surface area contributed by atoms with E-state index in [1.807, 2.05) is 45.0 Å². The number of nitrogens with two attached hydrogens (primary N) is 1. The number of nitrogens with zero attached hydrogens (tertiary/aromatic N) is 2. The molecule has 1 unspecified atom stereocenters. The van der Waals surface area contributed by atoms with Gasteiger partial charge in [-0.2, -0.15) is 0 Å². The molecule has 1 heterocycles. The lowest BCUT2D eigenvalue weighted by atomic mass is 10.2. The molecule has 0 radical (unpaired) electrons. The Morgan fingerprint density at radius 3 is 2.57 bits per heavy atom. The highest BCUT2D eigenvalue weighted by atomic mass is 16.2. The van der Waals surface area contributed by atoms with E-state index in [-0.39, 0.29) is 24.4 Å². The van der Waals surface area contributed by atoms with Crippen LogP contribution < -0.4 is 11.1 Å². The van der Waals surface area contributed by atoms with E-state index in [0.717, 1.165) is 11.0 Å². The van der Waals surface area contributed by atoms with Gasteiger partial charge in [-0.25, -0.2) is 4.98 Å². The zero-order chi connectivity index (χ0) is 15.6. The van der Waals surface area contributed by atoms with Gasteiger partial charge in [0, 0.05) is 5.92 Å². The van der Waals surface area contributed by atoms with Crippen LogP contribution in [0, 0.1) is 5.92 Å². The largest absolute Gasteiger partial charge is 0.368 e. The molecule has 0 aliphatic carbocycles. The van der Waals surface area contributed by atoms with Crippen LogP contribution in [-0.2, 0) is 16.1 Å². The van der Waals surface area contributed by atoms with E-state index in [9.17, 15) is 9.59 Å². The zero-order valence-corrected chi connectivity index (χ0v) is 12.5. The van der Waals surface area contributed by atoms with E-state index in [1.165, 1.54) is 0 Å².